The number of halogens is 2. The van der Waals surface area contributed by atoms with Crippen molar-refractivity contribution < 1.29 is 14.4 Å². The van der Waals surface area contributed by atoms with Crippen LogP contribution in [0.15, 0.2) is 24.3 Å². The van der Waals surface area contributed by atoms with Gasteiger partial charge >= 0.3 is 6.03 Å². The highest BCUT2D eigenvalue weighted by atomic mass is 35.5. The van der Waals surface area contributed by atoms with Gasteiger partial charge in [0.2, 0.25) is 5.91 Å². The summed E-state index contributed by atoms with van der Waals surface area (Å²) in [6.07, 6.45) is 1.16. The predicted molar refractivity (Wildman–Crippen MR) is 113 cm³/mol. The molecule has 28 heavy (non-hydrogen) atoms. The van der Waals surface area contributed by atoms with Gasteiger partial charge in [0.1, 0.15) is 6.04 Å². The molecule has 3 N–H and O–H groups in total. The van der Waals surface area contributed by atoms with Crippen molar-refractivity contribution in [3.05, 3.63) is 29.3 Å². The van der Waals surface area contributed by atoms with Crippen molar-refractivity contribution in [1.29, 1.82) is 0 Å². The molecule has 1 aliphatic heterocycles. The van der Waals surface area contributed by atoms with Gasteiger partial charge in [0, 0.05) is 31.1 Å². The Morgan fingerprint density at radius 2 is 1.89 bits per heavy atom. The highest BCUT2D eigenvalue weighted by Crippen LogP contribution is 2.23. The second kappa shape index (κ2) is 10.6. The van der Waals surface area contributed by atoms with Gasteiger partial charge in [-0.15, -0.1) is 12.4 Å². The molecule has 4 amide bonds. The zero-order valence-electron chi connectivity index (χ0n) is 16.4. The van der Waals surface area contributed by atoms with Gasteiger partial charge in [0.05, 0.1) is 5.69 Å². The quantitative estimate of drug-likeness (QED) is 0.619. The summed E-state index contributed by atoms with van der Waals surface area (Å²) in [5, 5.41) is 3.16. The molecular weight excluding hydrogens is 403 g/mol. The number of benzene rings is 1. The normalized spacial score (nSPS) is 17.4. The van der Waals surface area contributed by atoms with Crippen LogP contribution in [-0.2, 0) is 9.59 Å². The summed E-state index contributed by atoms with van der Waals surface area (Å²) in [7, 11) is 1.73. The van der Waals surface area contributed by atoms with E-state index in [4.69, 9.17) is 17.3 Å². The van der Waals surface area contributed by atoms with Crippen molar-refractivity contribution in [2.45, 2.75) is 45.2 Å². The molecule has 2 rings (SSSR count). The van der Waals surface area contributed by atoms with Gasteiger partial charge in [0.25, 0.3) is 5.91 Å². The van der Waals surface area contributed by atoms with Gasteiger partial charge in [-0.25, -0.2) is 9.69 Å². The molecule has 1 heterocycles. The van der Waals surface area contributed by atoms with Crippen LogP contribution in [0, 0.1) is 5.92 Å². The standard InChI is InChI=1S/C19H27ClN4O3.ClH/c1-12(2)15(21)10-11-23(3)17(25)9-8-16-18(26)24(19(27)22-16)14-6-4-13(20)5-7-14;/h4-7,12,15-16H,8-11,21H2,1-3H3,(H,22,27);1H. The van der Waals surface area contributed by atoms with E-state index in [2.05, 4.69) is 5.32 Å². The van der Waals surface area contributed by atoms with Crippen LogP contribution in [0.1, 0.15) is 33.1 Å². The number of rotatable bonds is 8. The summed E-state index contributed by atoms with van der Waals surface area (Å²) in [6, 6.07) is 5.30. The maximum absolute atomic E-state index is 12.5. The Balaban J connectivity index is 0.00000392. The fraction of sp³-hybridized carbons (Fsp3) is 0.526. The molecule has 0 aromatic heterocycles. The molecule has 2 unspecified atom stereocenters. The van der Waals surface area contributed by atoms with Crippen LogP contribution >= 0.6 is 24.0 Å². The van der Waals surface area contributed by atoms with Gasteiger partial charge in [-0.05, 0) is 43.0 Å². The number of carbonyl (C=O) groups is 3. The van der Waals surface area contributed by atoms with Crippen LogP contribution in [0.5, 0.6) is 0 Å². The number of imide groups is 1. The second-order valence-corrected chi connectivity index (χ2v) is 7.64. The lowest BCUT2D eigenvalue weighted by atomic mass is 10.0. The van der Waals surface area contributed by atoms with Crippen LogP contribution in [-0.4, -0.2) is 48.4 Å². The third-order valence-electron chi connectivity index (χ3n) is 4.83. The fourth-order valence-corrected chi connectivity index (χ4v) is 2.95. The minimum Gasteiger partial charge on any atom is -0.346 e. The lowest BCUT2D eigenvalue weighted by molar-refractivity contribution is -0.130. The SMILES string of the molecule is CC(C)C(N)CCN(C)C(=O)CCC1NC(=O)N(c2ccc(Cl)cc2)C1=O.Cl. The van der Waals surface area contributed by atoms with Crippen molar-refractivity contribution in [3.8, 4) is 0 Å². The number of anilines is 1. The van der Waals surface area contributed by atoms with Crippen LogP contribution in [0.2, 0.25) is 5.02 Å². The zero-order valence-corrected chi connectivity index (χ0v) is 17.9. The van der Waals surface area contributed by atoms with Gasteiger partial charge in [0.15, 0.2) is 0 Å². The monoisotopic (exact) mass is 430 g/mol. The zero-order chi connectivity index (χ0) is 20.1. The summed E-state index contributed by atoms with van der Waals surface area (Å²) in [4.78, 5) is 39.7. The largest absolute Gasteiger partial charge is 0.346 e. The van der Waals surface area contributed by atoms with E-state index in [1.807, 2.05) is 13.8 Å². The van der Waals surface area contributed by atoms with E-state index in [9.17, 15) is 14.4 Å². The molecule has 156 valence electrons. The Morgan fingerprint density at radius 3 is 2.46 bits per heavy atom. The lowest BCUT2D eigenvalue weighted by Crippen LogP contribution is -2.36. The Kier molecular flexibility index (Phi) is 9.20. The highest BCUT2D eigenvalue weighted by molar-refractivity contribution is 6.30. The average Bonchev–Trinajstić information content (AvgIpc) is 2.91. The number of nitrogens with one attached hydrogen (secondary N) is 1. The van der Waals surface area contributed by atoms with Gasteiger partial charge in [-0.3, -0.25) is 9.59 Å². The summed E-state index contributed by atoms with van der Waals surface area (Å²) < 4.78 is 0. The first-order valence-electron chi connectivity index (χ1n) is 9.10. The minimum atomic E-state index is -0.705. The average molecular weight is 431 g/mol. The lowest BCUT2D eigenvalue weighted by Gasteiger charge is -2.22. The smallest absolute Gasteiger partial charge is 0.329 e. The Hall–Kier alpha value is -1.83. The molecule has 1 saturated heterocycles. The number of hydrogen-bond acceptors (Lipinski definition) is 4. The summed E-state index contributed by atoms with van der Waals surface area (Å²) in [5.41, 5.74) is 6.46. The predicted octanol–water partition coefficient (Wildman–Crippen LogP) is 2.80. The van der Waals surface area contributed by atoms with E-state index < -0.39 is 12.1 Å². The molecule has 0 bridgehead atoms. The molecular formula is C19H28Cl2N4O3. The number of carbonyl (C=O) groups excluding carboxylic acids is 3. The van der Waals surface area contributed by atoms with E-state index in [1.54, 1.807) is 36.2 Å². The van der Waals surface area contributed by atoms with E-state index >= 15 is 0 Å². The first-order chi connectivity index (χ1) is 12.7. The molecule has 1 fully saturated rings. The number of amides is 4. The topological polar surface area (TPSA) is 95.7 Å². The van der Waals surface area contributed by atoms with E-state index in [-0.39, 0.29) is 43.1 Å². The van der Waals surface area contributed by atoms with E-state index in [1.165, 1.54) is 0 Å². The second-order valence-electron chi connectivity index (χ2n) is 7.20. The van der Waals surface area contributed by atoms with Gasteiger partial charge in [-0.2, -0.15) is 0 Å². The van der Waals surface area contributed by atoms with Gasteiger partial charge < -0.3 is 16.0 Å². The molecule has 0 radical (unpaired) electrons. The number of hydrogen-bond donors (Lipinski definition) is 2. The number of urea groups is 1. The Labute approximate surface area is 177 Å². The Bertz CT molecular complexity index is 697. The Morgan fingerprint density at radius 1 is 1.29 bits per heavy atom. The first-order valence-corrected chi connectivity index (χ1v) is 9.48. The molecule has 0 saturated carbocycles. The third kappa shape index (κ3) is 6.09. The maximum atomic E-state index is 12.5. The van der Waals surface area contributed by atoms with Crippen LogP contribution < -0.4 is 16.0 Å². The van der Waals surface area contributed by atoms with Gasteiger partial charge in [-0.1, -0.05) is 25.4 Å². The number of nitrogens with two attached hydrogens (primary N) is 1. The highest BCUT2D eigenvalue weighted by Gasteiger charge is 2.39. The van der Waals surface area contributed by atoms with E-state index in [0.29, 0.717) is 23.2 Å². The minimum absolute atomic E-state index is 0. The summed E-state index contributed by atoms with van der Waals surface area (Å²) >= 11 is 5.84. The molecule has 9 heteroatoms. The van der Waals surface area contributed by atoms with Crippen molar-refractivity contribution >= 4 is 47.5 Å². The fourth-order valence-electron chi connectivity index (χ4n) is 2.82. The van der Waals surface area contributed by atoms with Crippen molar-refractivity contribution in [1.82, 2.24) is 10.2 Å². The van der Waals surface area contributed by atoms with Crippen LogP contribution in [0.4, 0.5) is 10.5 Å². The third-order valence-corrected chi connectivity index (χ3v) is 5.08. The molecule has 2 atom stereocenters. The molecule has 0 aliphatic carbocycles. The summed E-state index contributed by atoms with van der Waals surface area (Å²) in [6.45, 7) is 4.67. The first kappa shape index (κ1) is 24.2. The maximum Gasteiger partial charge on any atom is 0.329 e. The van der Waals surface area contributed by atoms with E-state index in [0.717, 1.165) is 11.3 Å². The molecule has 1 aromatic carbocycles. The molecule has 7 nitrogen and oxygen atoms in total. The molecule has 0 spiro atoms. The van der Waals surface area contributed by atoms with Crippen molar-refractivity contribution in [2.75, 3.05) is 18.5 Å². The van der Waals surface area contributed by atoms with Crippen LogP contribution in [0.3, 0.4) is 0 Å². The van der Waals surface area contributed by atoms with Crippen LogP contribution in [0.25, 0.3) is 0 Å². The van der Waals surface area contributed by atoms with Crippen molar-refractivity contribution in [2.24, 2.45) is 11.7 Å². The number of nitrogens with zero attached hydrogens (tertiary/aromatic N) is 2. The molecule has 1 aliphatic rings. The summed E-state index contributed by atoms with van der Waals surface area (Å²) in [5.74, 6) is -0.0729. The molecule has 1 aromatic rings. The van der Waals surface area contributed by atoms with Crippen molar-refractivity contribution in [3.63, 3.8) is 0 Å².